The van der Waals surface area contributed by atoms with Crippen molar-refractivity contribution in [2.75, 3.05) is 32.7 Å². The molecule has 2 heterocycles. The maximum Gasteiger partial charge on any atom is 0.251 e. The Hall–Kier alpha value is 0.0900. The van der Waals surface area contributed by atoms with Crippen molar-refractivity contribution in [2.24, 2.45) is 5.92 Å². The zero-order valence-corrected chi connectivity index (χ0v) is 17.2. The molecule has 2 fully saturated rings. The quantitative estimate of drug-likeness (QED) is 0.769. The predicted molar refractivity (Wildman–Crippen MR) is 106 cm³/mol. The lowest BCUT2D eigenvalue weighted by atomic mass is 9.91. The van der Waals surface area contributed by atoms with Crippen LogP contribution in [0.25, 0.3) is 0 Å². The van der Waals surface area contributed by atoms with Crippen molar-refractivity contribution in [2.45, 2.75) is 65.1 Å². The minimum atomic E-state index is -0.277. The summed E-state index contributed by atoms with van der Waals surface area (Å²) >= 11 is 0. The van der Waals surface area contributed by atoms with Crippen LogP contribution in [-0.2, 0) is 9.53 Å². The summed E-state index contributed by atoms with van der Waals surface area (Å²) in [5, 5.41) is 0. The van der Waals surface area contributed by atoms with Gasteiger partial charge in [0.05, 0.1) is 5.60 Å². The Labute approximate surface area is 156 Å². The molecule has 0 aromatic carbocycles. The highest BCUT2D eigenvalue weighted by Crippen LogP contribution is 2.32. The van der Waals surface area contributed by atoms with Crippen molar-refractivity contribution in [1.82, 2.24) is 9.80 Å². The first-order chi connectivity index (χ1) is 9.96. The van der Waals surface area contributed by atoms with Gasteiger partial charge in [-0.25, -0.2) is 0 Å². The van der Waals surface area contributed by atoms with Crippen molar-refractivity contribution in [3.63, 3.8) is 0 Å². The van der Waals surface area contributed by atoms with Gasteiger partial charge in [0.2, 0.25) is 0 Å². The van der Waals surface area contributed by atoms with E-state index in [0.717, 1.165) is 38.4 Å². The molecule has 0 aliphatic carbocycles. The van der Waals surface area contributed by atoms with Crippen molar-refractivity contribution < 1.29 is 9.53 Å². The molecular weight excluding hydrogens is 328 g/mol. The van der Waals surface area contributed by atoms with Crippen LogP contribution >= 0.6 is 27.0 Å². The SMILES string of the molecule is CCN1C[C@@]2(CCCN(CCC(C)C)CC2)O[C@@H](C)C1=O.S.S. The fourth-order valence-corrected chi connectivity index (χ4v) is 3.58. The van der Waals surface area contributed by atoms with E-state index in [4.69, 9.17) is 4.74 Å². The van der Waals surface area contributed by atoms with Crippen LogP contribution < -0.4 is 0 Å². The normalized spacial score (nSPS) is 29.2. The second-order valence-electron chi connectivity index (χ2n) is 7.17. The molecule has 2 atom stereocenters. The Morgan fingerprint density at radius 2 is 1.96 bits per heavy atom. The Balaban J connectivity index is 0.00000242. The van der Waals surface area contributed by atoms with Gasteiger partial charge in [-0.2, -0.15) is 27.0 Å². The van der Waals surface area contributed by atoms with Crippen molar-refractivity contribution >= 4 is 32.9 Å². The number of carbonyl (C=O) groups excluding carboxylic acids is 1. The third-order valence-electron chi connectivity index (χ3n) is 4.96. The maximum atomic E-state index is 12.1. The topological polar surface area (TPSA) is 32.8 Å². The zero-order chi connectivity index (χ0) is 15.5. The summed E-state index contributed by atoms with van der Waals surface area (Å²) < 4.78 is 6.20. The Bertz CT molecular complexity index is 369. The summed E-state index contributed by atoms with van der Waals surface area (Å²) in [6, 6.07) is 0. The van der Waals surface area contributed by atoms with Crippen molar-refractivity contribution in [3.05, 3.63) is 0 Å². The van der Waals surface area contributed by atoms with Gasteiger partial charge in [0.15, 0.2) is 0 Å². The van der Waals surface area contributed by atoms with Crippen molar-refractivity contribution in [3.8, 4) is 0 Å². The number of amides is 1. The number of hydrogen-bond donors (Lipinski definition) is 0. The largest absolute Gasteiger partial charge is 0.360 e. The van der Waals surface area contributed by atoms with Gasteiger partial charge in [0, 0.05) is 19.6 Å². The first-order valence-electron chi connectivity index (χ1n) is 8.65. The van der Waals surface area contributed by atoms with E-state index in [-0.39, 0.29) is 44.6 Å². The molecule has 0 radical (unpaired) electrons. The number of ether oxygens (including phenoxy) is 1. The number of nitrogens with zero attached hydrogens (tertiary/aromatic N) is 2. The molecule has 1 spiro atoms. The summed E-state index contributed by atoms with van der Waals surface area (Å²) in [7, 11) is 0. The van der Waals surface area contributed by atoms with Crippen LogP contribution in [0.1, 0.15) is 53.4 Å². The van der Waals surface area contributed by atoms with E-state index < -0.39 is 0 Å². The Kier molecular flexibility index (Phi) is 10.2. The zero-order valence-electron chi connectivity index (χ0n) is 15.2. The fourth-order valence-electron chi connectivity index (χ4n) is 3.58. The highest BCUT2D eigenvalue weighted by Gasteiger charge is 2.43. The smallest absolute Gasteiger partial charge is 0.251 e. The van der Waals surface area contributed by atoms with Crippen LogP contribution in [0.2, 0.25) is 0 Å². The molecule has 0 unspecified atom stereocenters. The second kappa shape index (κ2) is 10.2. The Morgan fingerprint density at radius 3 is 2.57 bits per heavy atom. The standard InChI is InChI=1S/C17H32N2O2.2H2S/c1-5-19-13-17(21-15(4)16(19)20)8-6-10-18(12-9-17)11-7-14(2)3;;/h14-15H,5-13H2,1-4H3;2*1H2/t15-,17-;;/m0../s1. The minimum Gasteiger partial charge on any atom is -0.360 e. The second-order valence-corrected chi connectivity index (χ2v) is 7.17. The van der Waals surface area contributed by atoms with E-state index in [0.29, 0.717) is 0 Å². The van der Waals surface area contributed by atoms with Crippen LogP contribution in [0.5, 0.6) is 0 Å². The van der Waals surface area contributed by atoms with Crippen LogP contribution in [0.4, 0.5) is 0 Å². The molecule has 2 aliphatic heterocycles. The molecule has 6 heteroatoms. The van der Waals surface area contributed by atoms with Crippen molar-refractivity contribution in [1.29, 1.82) is 0 Å². The summed E-state index contributed by atoms with van der Waals surface area (Å²) in [6.45, 7) is 13.6. The monoisotopic (exact) mass is 364 g/mol. The van der Waals surface area contributed by atoms with E-state index >= 15 is 0 Å². The molecule has 0 bridgehead atoms. The molecule has 1 amide bonds. The maximum absolute atomic E-state index is 12.1. The summed E-state index contributed by atoms with van der Waals surface area (Å²) in [4.78, 5) is 16.7. The first-order valence-corrected chi connectivity index (χ1v) is 8.65. The lowest BCUT2D eigenvalue weighted by Gasteiger charge is -2.44. The number of likely N-dealkylation sites (tertiary alicyclic amines) is 1. The highest BCUT2D eigenvalue weighted by molar-refractivity contribution is 7.59. The van der Waals surface area contributed by atoms with Gasteiger partial charge < -0.3 is 14.5 Å². The summed E-state index contributed by atoms with van der Waals surface area (Å²) in [6.07, 6.45) is 4.31. The van der Waals surface area contributed by atoms with E-state index in [1.165, 1.54) is 25.9 Å². The molecule has 138 valence electrons. The average molecular weight is 365 g/mol. The number of hydrogen-bond acceptors (Lipinski definition) is 3. The lowest BCUT2D eigenvalue weighted by molar-refractivity contribution is -0.182. The van der Waals surface area contributed by atoms with Crippen LogP contribution in [0, 0.1) is 5.92 Å². The van der Waals surface area contributed by atoms with Gasteiger partial charge in [-0.1, -0.05) is 13.8 Å². The lowest BCUT2D eigenvalue weighted by Crippen LogP contribution is -2.58. The molecule has 23 heavy (non-hydrogen) atoms. The van der Waals surface area contributed by atoms with Crippen LogP contribution in [0.15, 0.2) is 0 Å². The van der Waals surface area contributed by atoms with Gasteiger partial charge in [-0.05, 0) is 58.5 Å². The summed E-state index contributed by atoms with van der Waals surface area (Å²) in [5.41, 5.74) is -0.101. The molecule has 2 saturated heterocycles. The van der Waals surface area contributed by atoms with Gasteiger partial charge in [0.1, 0.15) is 6.10 Å². The average Bonchev–Trinajstić information content (AvgIpc) is 2.63. The molecule has 4 nitrogen and oxygen atoms in total. The third-order valence-corrected chi connectivity index (χ3v) is 4.96. The molecule has 0 aromatic heterocycles. The van der Waals surface area contributed by atoms with E-state index in [2.05, 4.69) is 25.7 Å². The first kappa shape index (κ1) is 23.1. The third kappa shape index (κ3) is 6.15. The van der Waals surface area contributed by atoms with E-state index in [1.54, 1.807) is 0 Å². The highest BCUT2D eigenvalue weighted by atomic mass is 32.1. The number of carbonyl (C=O) groups is 1. The van der Waals surface area contributed by atoms with Gasteiger partial charge >= 0.3 is 0 Å². The van der Waals surface area contributed by atoms with Crippen LogP contribution in [0.3, 0.4) is 0 Å². The molecular formula is C17H36N2O2S2. The summed E-state index contributed by atoms with van der Waals surface area (Å²) in [5.74, 6) is 0.922. The molecule has 0 N–H and O–H groups in total. The number of morpholine rings is 1. The Morgan fingerprint density at radius 1 is 1.26 bits per heavy atom. The van der Waals surface area contributed by atoms with Gasteiger partial charge in [-0.3, -0.25) is 4.79 Å². The fraction of sp³-hybridized carbons (Fsp3) is 0.941. The molecule has 0 aromatic rings. The molecule has 0 saturated carbocycles. The predicted octanol–water partition coefficient (Wildman–Crippen LogP) is 2.75. The van der Waals surface area contributed by atoms with Gasteiger partial charge in [-0.15, -0.1) is 0 Å². The number of likely N-dealkylation sites (N-methyl/N-ethyl adjacent to an activating group) is 1. The number of rotatable bonds is 4. The van der Waals surface area contributed by atoms with E-state index in [9.17, 15) is 4.79 Å². The van der Waals surface area contributed by atoms with E-state index in [1.807, 2.05) is 11.8 Å². The molecule has 2 aliphatic rings. The molecule has 2 rings (SSSR count). The minimum absolute atomic E-state index is 0. The van der Waals surface area contributed by atoms with Crippen LogP contribution in [-0.4, -0.2) is 60.1 Å². The van der Waals surface area contributed by atoms with Gasteiger partial charge in [0.25, 0.3) is 5.91 Å².